The number of primary amides is 1. The highest BCUT2D eigenvalue weighted by atomic mass is 19.1. The number of halogens is 1. The molecule has 30 heavy (non-hydrogen) atoms. The van der Waals surface area contributed by atoms with Crippen molar-refractivity contribution in [3.8, 4) is 11.1 Å². The lowest BCUT2D eigenvalue weighted by Gasteiger charge is -2.42. The van der Waals surface area contributed by atoms with E-state index in [1.807, 2.05) is 18.2 Å². The molecule has 0 saturated heterocycles. The highest BCUT2D eigenvalue weighted by molar-refractivity contribution is 6.04. The lowest BCUT2D eigenvalue weighted by atomic mass is 9.74. The quantitative estimate of drug-likeness (QED) is 0.470. The zero-order chi connectivity index (χ0) is 20.7. The molecule has 1 aromatic carbocycles. The molecule has 9 heteroatoms. The molecule has 1 amide bonds. The van der Waals surface area contributed by atoms with Gasteiger partial charge in [0.1, 0.15) is 11.5 Å². The summed E-state index contributed by atoms with van der Waals surface area (Å²) in [5, 5.41) is 10.7. The lowest BCUT2D eigenvalue weighted by molar-refractivity contribution is 0.0997. The molecule has 8 nitrogen and oxygen atoms in total. The van der Waals surface area contributed by atoms with E-state index in [2.05, 4.69) is 30.5 Å². The van der Waals surface area contributed by atoms with Crippen LogP contribution in [0.25, 0.3) is 22.0 Å². The molecular formula is C21H18FN7O. The Labute approximate surface area is 170 Å². The molecule has 0 spiro atoms. The molecule has 1 saturated carbocycles. The van der Waals surface area contributed by atoms with Crippen LogP contribution in [0.15, 0.2) is 48.9 Å². The monoisotopic (exact) mass is 403 g/mol. The van der Waals surface area contributed by atoms with E-state index < -0.39 is 11.4 Å². The first-order chi connectivity index (χ1) is 14.6. The van der Waals surface area contributed by atoms with E-state index in [1.165, 1.54) is 6.07 Å². The molecule has 0 aliphatic heterocycles. The van der Waals surface area contributed by atoms with Gasteiger partial charge in [0.25, 0.3) is 5.91 Å². The number of nitrogens with one attached hydrogen (secondary N) is 2. The van der Waals surface area contributed by atoms with Crippen LogP contribution in [0.5, 0.6) is 0 Å². The lowest BCUT2D eigenvalue weighted by Crippen LogP contribution is -2.44. The maximum Gasteiger partial charge on any atom is 0.269 e. The van der Waals surface area contributed by atoms with Crippen molar-refractivity contribution in [1.82, 2.24) is 25.1 Å². The number of pyridine rings is 1. The second kappa shape index (κ2) is 6.87. The minimum Gasteiger partial charge on any atom is -0.364 e. The van der Waals surface area contributed by atoms with Crippen LogP contribution in [0.2, 0.25) is 0 Å². The van der Waals surface area contributed by atoms with Crippen molar-refractivity contribution in [1.29, 1.82) is 0 Å². The van der Waals surface area contributed by atoms with E-state index >= 15 is 0 Å². The average Bonchev–Trinajstić information content (AvgIpc) is 3.15. The van der Waals surface area contributed by atoms with Gasteiger partial charge in [-0.25, -0.2) is 14.4 Å². The standard InChI is InChI=1S/C21H18FN7O/c22-15-3-1-8-24-18(15)21(6-2-7-21)27-20-25-10-13(11-26-20)12-4-5-16-14(9-12)17(19(23)30)29-28-16/h1,3-5,8-11H,2,6-7H2,(H2,23,30)(H,28,29)(H,25,26,27). The fourth-order valence-electron chi connectivity index (χ4n) is 3.83. The maximum absolute atomic E-state index is 14.3. The SMILES string of the molecule is NC(=O)c1n[nH]c2ccc(-c3cnc(NC4(c5ncccc5F)CCC4)nc3)cc12. The van der Waals surface area contributed by atoms with Gasteiger partial charge in [-0.1, -0.05) is 6.07 Å². The number of hydrogen-bond donors (Lipinski definition) is 3. The molecular weight excluding hydrogens is 385 g/mol. The second-order valence-electron chi connectivity index (χ2n) is 7.39. The summed E-state index contributed by atoms with van der Waals surface area (Å²) in [4.78, 5) is 24.6. The van der Waals surface area contributed by atoms with Crippen molar-refractivity contribution >= 4 is 22.8 Å². The van der Waals surface area contributed by atoms with Gasteiger partial charge in [0.05, 0.1) is 11.1 Å². The Kier molecular flexibility index (Phi) is 4.16. The first-order valence-corrected chi connectivity index (χ1v) is 9.55. The third-order valence-electron chi connectivity index (χ3n) is 5.55. The molecule has 4 N–H and O–H groups in total. The molecule has 1 fully saturated rings. The van der Waals surface area contributed by atoms with Gasteiger partial charge >= 0.3 is 0 Å². The molecule has 0 bridgehead atoms. The normalized spacial score (nSPS) is 15.0. The summed E-state index contributed by atoms with van der Waals surface area (Å²) < 4.78 is 14.3. The highest BCUT2D eigenvalue weighted by Gasteiger charge is 2.42. The summed E-state index contributed by atoms with van der Waals surface area (Å²) in [5.74, 6) is -0.521. The van der Waals surface area contributed by atoms with Crippen LogP contribution in [0, 0.1) is 5.82 Å². The van der Waals surface area contributed by atoms with Crippen molar-refractivity contribution in [2.45, 2.75) is 24.8 Å². The van der Waals surface area contributed by atoms with Crippen molar-refractivity contribution in [3.63, 3.8) is 0 Å². The minimum absolute atomic E-state index is 0.190. The van der Waals surface area contributed by atoms with E-state index in [1.54, 1.807) is 24.7 Å². The summed E-state index contributed by atoms with van der Waals surface area (Å²) in [7, 11) is 0. The Morgan fingerprint density at radius 2 is 1.93 bits per heavy atom. The second-order valence-corrected chi connectivity index (χ2v) is 7.39. The van der Waals surface area contributed by atoms with Gasteiger partial charge in [-0.2, -0.15) is 5.10 Å². The largest absolute Gasteiger partial charge is 0.364 e. The summed E-state index contributed by atoms with van der Waals surface area (Å²) in [6.07, 6.45) is 7.46. The number of hydrogen-bond acceptors (Lipinski definition) is 6. The molecule has 4 aromatic rings. The van der Waals surface area contributed by atoms with Gasteiger partial charge in [0, 0.05) is 29.5 Å². The Balaban J connectivity index is 1.43. The zero-order valence-electron chi connectivity index (χ0n) is 15.9. The Hall–Kier alpha value is -3.88. The first-order valence-electron chi connectivity index (χ1n) is 9.55. The van der Waals surface area contributed by atoms with Gasteiger partial charge < -0.3 is 11.1 Å². The maximum atomic E-state index is 14.3. The molecule has 1 aliphatic carbocycles. The van der Waals surface area contributed by atoms with E-state index in [0.29, 0.717) is 17.0 Å². The molecule has 3 heterocycles. The first kappa shape index (κ1) is 18.2. The van der Waals surface area contributed by atoms with Crippen molar-refractivity contribution in [2.75, 3.05) is 5.32 Å². The Morgan fingerprint density at radius 1 is 1.13 bits per heavy atom. The van der Waals surface area contributed by atoms with Crippen LogP contribution in [0.3, 0.4) is 0 Å². The highest BCUT2D eigenvalue weighted by Crippen LogP contribution is 2.43. The number of rotatable bonds is 5. The van der Waals surface area contributed by atoms with Crippen LogP contribution in [0.1, 0.15) is 35.4 Å². The third kappa shape index (κ3) is 2.95. The number of carbonyl (C=O) groups excluding carboxylic acids is 1. The average molecular weight is 403 g/mol. The Morgan fingerprint density at radius 3 is 2.60 bits per heavy atom. The zero-order valence-corrected chi connectivity index (χ0v) is 15.9. The molecule has 0 unspecified atom stereocenters. The van der Waals surface area contributed by atoms with Crippen LogP contribution < -0.4 is 11.1 Å². The van der Waals surface area contributed by atoms with Crippen molar-refractivity contribution in [2.24, 2.45) is 5.73 Å². The van der Waals surface area contributed by atoms with Gasteiger partial charge in [-0.15, -0.1) is 0 Å². The number of amides is 1. The molecule has 0 radical (unpaired) electrons. The number of nitrogens with zero attached hydrogens (tertiary/aromatic N) is 4. The number of nitrogens with two attached hydrogens (primary N) is 1. The van der Waals surface area contributed by atoms with Gasteiger partial charge in [-0.3, -0.25) is 14.9 Å². The summed E-state index contributed by atoms with van der Waals surface area (Å²) >= 11 is 0. The number of aromatic nitrogens is 5. The molecule has 5 rings (SSSR count). The van der Waals surface area contributed by atoms with Gasteiger partial charge in [0.15, 0.2) is 5.69 Å². The molecule has 150 valence electrons. The van der Waals surface area contributed by atoms with Crippen LogP contribution >= 0.6 is 0 Å². The van der Waals surface area contributed by atoms with E-state index in [4.69, 9.17) is 5.73 Å². The van der Waals surface area contributed by atoms with E-state index in [-0.39, 0.29) is 11.5 Å². The van der Waals surface area contributed by atoms with Crippen molar-refractivity contribution < 1.29 is 9.18 Å². The fraction of sp³-hybridized carbons (Fsp3) is 0.190. The fourth-order valence-corrected chi connectivity index (χ4v) is 3.83. The number of fused-ring (bicyclic) bond motifs is 1. The number of H-pyrrole nitrogens is 1. The molecule has 1 aliphatic rings. The minimum atomic E-state index is -0.596. The predicted octanol–water partition coefficient (Wildman–Crippen LogP) is 3.14. The van der Waals surface area contributed by atoms with Crippen LogP contribution in [-0.4, -0.2) is 31.1 Å². The van der Waals surface area contributed by atoms with E-state index in [9.17, 15) is 9.18 Å². The Bertz CT molecular complexity index is 1250. The topological polar surface area (TPSA) is 122 Å². The van der Waals surface area contributed by atoms with Crippen LogP contribution in [0.4, 0.5) is 10.3 Å². The predicted molar refractivity (Wildman–Crippen MR) is 109 cm³/mol. The molecule has 0 atom stereocenters. The number of benzene rings is 1. The molecule has 3 aromatic heterocycles. The number of carbonyl (C=O) groups is 1. The summed E-state index contributed by atoms with van der Waals surface area (Å²) in [6, 6.07) is 8.52. The summed E-state index contributed by atoms with van der Waals surface area (Å²) in [6.45, 7) is 0. The van der Waals surface area contributed by atoms with Gasteiger partial charge in [-0.05, 0) is 49.1 Å². The smallest absolute Gasteiger partial charge is 0.269 e. The number of anilines is 1. The van der Waals surface area contributed by atoms with E-state index in [0.717, 1.165) is 35.9 Å². The van der Waals surface area contributed by atoms with Crippen LogP contribution in [-0.2, 0) is 5.54 Å². The van der Waals surface area contributed by atoms with Crippen molar-refractivity contribution in [3.05, 3.63) is 66.1 Å². The number of aromatic amines is 1. The van der Waals surface area contributed by atoms with Gasteiger partial charge in [0.2, 0.25) is 5.95 Å². The summed E-state index contributed by atoms with van der Waals surface area (Å²) in [5.41, 5.74) is 7.70. The third-order valence-corrected chi connectivity index (χ3v) is 5.55.